The van der Waals surface area contributed by atoms with E-state index in [9.17, 15) is 13.2 Å². The molecule has 1 amide bonds. The van der Waals surface area contributed by atoms with E-state index in [1.54, 1.807) is 16.4 Å². The molecule has 2 atom stereocenters. The fraction of sp³-hybridized carbons (Fsp3) is 0.650. The van der Waals surface area contributed by atoms with Gasteiger partial charge in [0.05, 0.1) is 31.1 Å². The molecule has 1 aromatic carbocycles. The molecule has 2 saturated heterocycles. The number of piperazine rings is 1. The molecule has 0 aliphatic carbocycles. The van der Waals surface area contributed by atoms with E-state index in [1.165, 1.54) is 11.3 Å². The van der Waals surface area contributed by atoms with Gasteiger partial charge in [-0.25, -0.2) is 8.42 Å². The lowest BCUT2D eigenvalue weighted by Gasteiger charge is -2.40. The summed E-state index contributed by atoms with van der Waals surface area (Å²) in [6.07, 6.45) is 3.34. The number of carbonyl (C=O) groups excluding carboxylic acids is 1. The zero-order chi connectivity index (χ0) is 19.6. The largest absolute Gasteiger partial charge is 0.332 e. The molecule has 7 heteroatoms. The van der Waals surface area contributed by atoms with Crippen molar-refractivity contribution < 1.29 is 18.1 Å². The fourth-order valence-corrected chi connectivity index (χ4v) is 5.74. The highest BCUT2D eigenvalue weighted by Crippen LogP contribution is 2.22. The Hall–Kier alpha value is -1.44. The number of sulfonamides is 1. The second-order valence-electron chi connectivity index (χ2n) is 8.07. The molecule has 0 unspecified atom stereocenters. The summed E-state index contributed by atoms with van der Waals surface area (Å²) in [6.45, 7) is 8.95. The van der Waals surface area contributed by atoms with Crippen LogP contribution in [0, 0.1) is 6.92 Å². The Balaban J connectivity index is 1.57. The van der Waals surface area contributed by atoms with Crippen LogP contribution in [0.1, 0.15) is 38.7 Å². The van der Waals surface area contributed by atoms with E-state index >= 15 is 0 Å². The van der Waals surface area contributed by atoms with Gasteiger partial charge in [-0.15, -0.1) is 0 Å². The van der Waals surface area contributed by atoms with Gasteiger partial charge in [0.1, 0.15) is 0 Å². The second kappa shape index (κ2) is 8.29. The van der Waals surface area contributed by atoms with Crippen LogP contribution in [0.4, 0.5) is 0 Å². The summed E-state index contributed by atoms with van der Waals surface area (Å²) < 4.78 is 27.2. The van der Waals surface area contributed by atoms with Gasteiger partial charge in [-0.05, 0) is 52.2 Å². The van der Waals surface area contributed by atoms with Crippen molar-refractivity contribution in [3.63, 3.8) is 0 Å². The number of aryl methyl sites for hydroxylation is 1. The number of piperidine rings is 1. The van der Waals surface area contributed by atoms with Crippen molar-refractivity contribution in [3.8, 4) is 0 Å². The smallest absolute Gasteiger partial charge is 0.278 e. The Morgan fingerprint density at radius 1 is 1.07 bits per heavy atom. The van der Waals surface area contributed by atoms with E-state index in [-0.39, 0.29) is 5.91 Å². The second-order valence-corrected chi connectivity index (χ2v) is 10.0. The van der Waals surface area contributed by atoms with Gasteiger partial charge < -0.3 is 9.80 Å². The summed E-state index contributed by atoms with van der Waals surface area (Å²) >= 11 is 0. The lowest BCUT2D eigenvalue weighted by Crippen LogP contribution is -3.15. The van der Waals surface area contributed by atoms with E-state index in [1.807, 2.05) is 24.0 Å². The molecule has 0 spiro atoms. The third-order valence-corrected chi connectivity index (χ3v) is 7.88. The van der Waals surface area contributed by atoms with Crippen molar-refractivity contribution >= 4 is 15.9 Å². The fourth-order valence-electron chi connectivity index (χ4n) is 4.30. The molecule has 1 N–H and O–H groups in total. The summed E-state index contributed by atoms with van der Waals surface area (Å²) in [5.74, 6) is 0.208. The molecule has 1 aromatic rings. The molecule has 0 saturated carbocycles. The monoisotopic (exact) mass is 394 g/mol. The van der Waals surface area contributed by atoms with Crippen LogP contribution >= 0.6 is 0 Å². The number of rotatable bonds is 4. The number of hydrogen-bond donors (Lipinski definition) is 1. The van der Waals surface area contributed by atoms with Crippen LogP contribution in [-0.2, 0) is 14.8 Å². The number of hydrogen-bond acceptors (Lipinski definition) is 3. The number of amides is 1. The maximum atomic E-state index is 12.8. The van der Waals surface area contributed by atoms with E-state index < -0.39 is 10.0 Å². The molecule has 0 radical (unpaired) electrons. The Morgan fingerprint density at radius 3 is 2.19 bits per heavy atom. The predicted octanol–water partition coefficient (Wildman–Crippen LogP) is 0.674. The molecule has 6 nitrogen and oxygen atoms in total. The van der Waals surface area contributed by atoms with Crippen LogP contribution in [0.2, 0.25) is 0 Å². The van der Waals surface area contributed by atoms with Gasteiger partial charge in [-0.3, -0.25) is 4.79 Å². The van der Waals surface area contributed by atoms with Gasteiger partial charge in [0, 0.05) is 12.1 Å². The first-order valence-electron chi connectivity index (χ1n) is 10.0. The molecule has 0 bridgehead atoms. The third kappa shape index (κ3) is 4.52. The first kappa shape index (κ1) is 20.3. The summed E-state index contributed by atoms with van der Waals surface area (Å²) in [5.41, 5.74) is 1.04. The van der Waals surface area contributed by atoms with Gasteiger partial charge in [0.2, 0.25) is 10.0 Å². The van der Waals surface area contributed by atoms with Crippen molar-refractivity contribution in [1.29, 1.82) is 0 Å². The predicted molar refractivity (Wildman–Crippen MR) is 105 cm³/mol. The van der Waals surface area contributed by atoms with Gasteiger partial charge in [-0.1, -0.05) is 17.7 Å². The van der Waals surface area contributed by atoms with Crippen molar-refractivity contribution in [2.24, 2.45) is 0 Å². The van der Waals surface area contributed by atoms with Crippen LogP contribution in [0.25, 0.3) is 0 Å². The van der Waals surface area contributed by atoms with E-state index in [0.29, 0.717) is 49.7 Å². The number of nitrogens with zero attached hydrogens (tertiary/aromatic N) is 2. The average molecular weight is 395 g/mol. The SMILES string of the molecule is Cc1ccc(S(=O)(=O)N2CC[NH+](CC(=O)N3[C@H](C)CCC[C@@H]3C)CC2)cc1. The number of benzene rings is 1. The summed E-state index contributed by atoms with van der Waals surface area (Å²) in [6, 6.07) is 7.62. The molecule has 3 rings (SSSR count). The van der Waals surface area contributed by atoms with Crippen LogP contribution in [-0.4, -0.2) is 68.3 Å². The number of likely N-dealkylation sites (tertiary alicyclic amines) is 1. The van der Waals surface area contributed by atoms with Crippen LogP contribution in [0.5, 0.6) is 0 Å². The van der Waals surface area contributed by atoms with Gasteiger partial charge in [0.25, 0.3) is 5.91 Å². The standard InChI is InChI=1S/C20H31N3O3S/c1-16-7-9-19(10-8-16)27(25,26)22-13-11-21(12-14-22)15-20(24)23-17(2)5-4-6-18(23)3/h7-10,17-18H,4-6,11-15H2,1-3H3/p+1/t17-,18+. The lowest BCUT2D eigenvalue weighted by molar-refractivity contribution is -0.896. The highest BCUT2D eigenvalue weighted by Gasteiger charge is 2.34. The van der Waals surface area contributed by atoms with E-state index in [0.717, 1.165) is 18.4 Å². The van der Waals surface area contributed by atoms with E-state index in [2.05, 4.69) is 13.8 Å². The first-order valence-corrected chi connectivity index (χ1v) is 11.4. The van der Waals surface area contributed by atoms with Crippen LogP contribution in [0.15, 0.2) is 29.2 Å². The maximum absolute atomic E-state index is 12.8. The minimum absolute atomic E-state index is 0.208. The Labute approximate surface area is 163 Å². The number of nitrogens with one attached hydrogen (secondary N) is 1. The van der Waals surface area contributed by atoms with Crippen molar-refractivity contribution in [2.75, 3.05) is 32.7 Å². The van der Waals surface area contributed by atoms with Gasteiger partial charge >= 0.3 is 0 Å². The van der Waals surface area contributed by atoms with Crippen molar-refractivity contribution in [1.82, 2.24) is 9.21 Å². The van der Waals surface area contributed by atoms with E-state index in [4.69, 9.17) is 0 Å². The summed E-state index contributed by atoms with van der Waals surface area (Å²) in [4.78, 5) is 16.4. The van der Waals surface area contributed by atoms with Crippen LogP contribution < -0.4 is 4.90 Å². The number of carbonyl (C=O) groups is 1. The Bertz CT molecular complexity index is 745. The highest BCUT2D eigenvalue weighted by molar-refractivity contribution is 7.89. The first-order chi connectivity index (χ1) is 12.8. The summed E-state index contributed by atoms with van der Waals surface area (Å²) in [5, 5.41) is 0. The third-order valence-electron chi connectivity index (χ3n) is 5.97. The maximum Gasteiger partial charge on any atom is 0.278 e. The van der Waals surface area contributed by atoms with Crippen molar-refractivity contribution in [3.05, 3.63) is 29.8 Å². The molecule has 2 aliphatic heterocycles. The molecule has 2 aliphatic rings. The average Bonchev–Trinajstić information content (AvgIpc) is 2.62. The van der Waals surface area contributed by atoms with Crippen molar-refractivity contribution in [2.45, 2.75) is 57.0 Å². The Morgan fingerprint density at radius 2 is 1.63 bits per heavy atom. The zero-order valence-corrected chi connectivity index (χ0v) is 17.5. The molecular formula is C20H32N3O3S+. The van der Waals surface area contributed by atoms with Crippen LogP contribution in [0.3, 0.4) is 0 Å². The topological polar surface area (TPSA) is 62.1 Å². The zero-order valence-electron chi connectivity index (χ0n) is 16.6. The number of quaternary nitrogens is 1. The highest BCUT2D eigenvalue weighted by atomic mass is 32.2. The molecule has 2 fully saturated rings. The minimum Gasteiger partial charge on any atom is -0.332 e. The molecular weight excluding hydrogens is 362 g/mol. The summed E-state index contributed by atoms with van der Waals surface area (Å²) in [7, 11) is -3.44. The molecule has 2 heterocycles. The normalized spacial score (nSPS) is 25.5. The molecule has 150 valence electrons. The lowest BCUT2D eigenvalue weighted by atomic mass is 9.97. The van der Waals surface area contributed by atoms with Gasteiger partial charge in [-0.2, -0.15) is 4.31 Å². The molecule has 27 heavy (non-hydrogen) atoms. The minimum atomic E-state index is -3.44. The van der Waals surface area contributed by atoms with Gasteiger partial charge in [0.15, 0.2) is 6.54 Å². The molecule has 0 aromatic heterocycles. The quantitative estimate of drug-likeness (QED) is 0.817. The Kier molecular flexibility index (Phi) is 6.23.